The van der Waals surface area contributed by atoms with Crippen LogP contribution in [0.25, 0.3) is 0 Å². The van der Waals surface area contributed by atoms with Crippen molar-refractivity contribution in [3.63, 3.8) is 0 Å². The lowest BCUT2D eigenvalue weighted by molar-refractivity contribution is -0.605. The SMILES string of the molecule is O=C(c1cc[n+]([O-])cc1)N1CCC[C@H](CCc2cccc(F)c2)C1. The zero-order valence-electron chi connectivity index (χ0n) is 13.5. The standard InChI is InChI=1S/C19H21FN2O2/c20-18-5-1-3-15(13-18)6-7-16-4-2-10-21(14-16)19(23)17-8-11-22(24)12-9-17/h1,3,5,8-9,11-13,16H,2,4,6-7,10,14H2/t16-/m1/s1. The van der Waals surface area contributed by atoms with Crippen LogP contribution >= 0.6 is 0 Å². The maximum Gasteiger partial charge on any atom is 0.254 e. The molecule has 1 atom stereocenters. The zero-order chi connectivity index (χ0) is 16.9. The Morgan fingerprint density at radius 3 is 2.83 bits per heavy atom. The number of halogens is 1. The first kappa shape index (κ1) is 16.4. The van der Waals surface area contributed by atoms with Gasteiger partial charge in [-0.15, -0.1) is 0 Å². The fraction of sp³-hybridized carbons (Fsp3) is 0.368. The minimum Gasteiger partial charge on any atom is -0.619 e. The molecule has 0 radical (unpaired) electrons. The van der Waals surface area contributed by atoms with Gasteiger partial charge in [0.2, 0.25) is 0 Å². The van der Waals surface area contributed by atoms with Crippen molar-refractivity contribution >= 4 is 5.91 Å². The Hall–Kier alpha value is -2.43. The Morgan fingerprint density at radius 1 is 1.29 bits per heavy atom. The highest BCUT2D eigenvalue weighted by Crippen LogP contribution is 2.23. The van der Waals surface area contributed by atoms with E-state index in [-0.39, 0.29) is 11.7 Å². The molecule has 5 heteroatoms. The summed E-state index contributed by atoms with van der Waals surface area (Å²) in [6.45, 7) is 1.47. The number of piperidine rings is 1. The van der Waals surface area contributed by atoms with Crippen molar-refractivity contribution in [2.75, 3.05) is 13.1 Å². The summed E-state index contributed by atoms with van der Waals surface area (Å²) in [6.07, 6.45) is 6.54. The van der Waals surface area contributed by atoms with Gasteiger partial charge in [0.25, 0.3) is 5.91 Å². The van der Waals surface area contributed by atoms with Crippen molar-refractivity contribution < 1.29 is 13.9 Å². The molecular weight excluding hydrogens is 307 g/mol. The van der Waals surface area contributed by atoms with E-state index in [1.807, 2.05) is 11.0 Å². The molecule has 0 saturated carbocycles. The highest BCUT2D eigenvalue weighted by Gasteiger charge is 2.24. The first-order valence-electron chi connectivity index (χ1n) is 8.34. The van der Waals surface area contributed by atoms with Gasteiger partial charge in [0.05, 0.1) is 5.56 Å². The van der Waals surface area contributed by atoms with Gasteiger partial charge in [0, 0.05) is 25.2 Å². The maximum atomic E-state index is 13.2. The van der Waals surface area contributed by atoms with E-state index < -0.39 is 0 Å². The quantitative estimate of drug-likeness (QED) is 0.640. The van der Waals surface area contributed by atoms with Crippen LogP contribution < -0.4 is 4.73 Å². The van der Waals surface area contributed by atoms with E-state index in [9.17, 15) is 14.4 Å². The van der Waals surface area contributed by atoms with E-state index in [0.29, 0.717) is 16.2 Å². The zero-order valence-corrected chi connectivity index (χ0v) is 13.5. The summed E-state index contributed by atoms with van der Waals surface area (Å²) in [5, 5.41) is 11.1. The number of hydrogen-bond acceptors (Lipinski definition) is 2. The summed E-state index contributed by atoms with van der Waals surface area (Å²) in [5.41, 5.74) is 1.55. The Labute approximate surface area is 141 Å². The van der Waals surface area contributed by atoms with E-state index in [2.05, 4.69) is 0 Å². The molecule has 0 bridgehead atoms. The number of carbonyl (C=O) groups is 1. The Kier molecular flexibility index (Phi) is 5.08. The molecule has 0 spiro atoms. The van der Waals surface area contributed by atoms with E-state index in [1.54, 1.807) is 24.3 Å². The van der Waals surface area contributed by atoms with Gasteiger partial charge in [-0.2, -0.15) is 4.73 Å². The van der Waals surface area contributed by atoms with Gasteiger partial charge in [-0.1, -0.05) is 12.1 Å². The van der Waals surface area contributed by atoms with Crippen LogP contribution in [0.1, 0.15) is 35.2 Å². The van der Waals surface area contributed by atoms with Gasteiger partial charge in [-0.25, -0.2) is 4.39 Å². The maximum absolute atomic E-state index is 13.2. The number of hydrogen-bond donors (Lipinski definition) is 0. The summed E-state index contributed by atoms with van der Waals surface area (Å²) in [5.74, 6) is 0.206. The van der Waals surface area contributed by atoms with E-state index in [1.165, 1.54) is 18.5 Å². The lowest BCUT2D eigenvalue weighted by atomic mass is 9.91. The van der Waals surface area contributed by atoms with Gasteiger partial charge >= 0.3 is 0 Å². The second-order valence-corrected chi connectivity index (χ2v) is 6.37. The molecule has 0 aliphatic carbocycles. The molecule has 1 amide bonds. The molecule has 2 aromatic rings. The lowest BCUT2D eigenvalue weighted by Gasteiger charge is -2.33. The van der Waals surface area contributed by atoms with Crippen molar-refractivity contribution in [2.45, 2.75) is 25.7 Å². The molecule has 126 valence electrons. The number of rotatable bonds is 4. The third-order valence-electron chi connectivity index (χ3n) is 4.59. The van der Waals surface area contributed by atoms with Crippen molar-refractivity contribution in [3.8, 4) is 0 Å². The molecule has 3 rings (SSSR count). The largest absolute Gasteiger partial charge is 0.619 e. The predicted octanol–water partition coefficient (Wildman–Crippen LogP) is 2.94. The minimum atomic E-state index is -0.201. The highest BCUT2D eigenvalue weighted by atomic mass is 19.1. The topological polar surface area (TPSA) is 47.2 Å². The number of carbonyl (C=O) groups excluding carboxylic acids is 1. The third kappa shape index (κ3) is 4.10. The van der Waals surface area contributed by atoms with Crippen LogP contribution in [0.5, 0.6) is 0 Å². The molecule has 4 nitrogen and oxygen atoms in total. The van der Waals surface area contributed by atoms with Crippen LogP contribution in [0.4, 0.5) is 4.39 Å². The molecule has 1 fully saturated rings. The number of nitrogens with zero attached hydrogens (tertiary/aromatic N) is 2. The number of pyridine rings is 1. The number of amides is 1. The molecule has 2 heterocycles. The summed E-state index contributed by atoms with van der Waals surface area (Å²) < 4.78 is 13.9. The van der Waals surface area contributed by atoms with E-state index in [0.717, 1.165) is 44.3 Å². The average Bonchev–Trinajstić information content (AvgIpc) is 2.60. The normalized spacial score (nSPS) is 17.7. The van der Waals surface area contributed by atoms with Crippen LogP contribution in [0.15, 0.2) is 48.8 Å². The molecule has 1 aliphatic rings. The van der Waals surface area contributed by atoms with E-state index >= 15 is 0 Å². The first-order chi connectivity index (χ1) is 11.6. The van der Waals surface area contributed by atoms with Crippen LogP contribution in [0.2, 0.25) is 0 Å². The highest BCUT2D eigenvalue weighted by molar-refractivity contribution is 5.94. The molecular formula is C19H21FN2O2. The van der Waals surface area contributed by atoms with Gasteiger partial charge in [0.15, 0.2) is 12.4 Å². The Morgan fingerprint density at radius 2 is 2.08 bits per heavy atom. The summed E-state index contributed by atoms with van der Waals surface area (Å²) in [7, 11) is 0. The van der Waals surface area contributed by atoms with Gasteiger partial charge in [0.1, 0.15) is 5.82 Å². The van der Waals surface area contributed by atoms with Crippen LogP contribution in [0.3, 0.4) is 0 Å². The monoisotopic (exact) mass is 328 g/mol. The molecule has 0 N–H and O–H groups in total. The molecule has 0 unspecified atom stereocenters. The molecule has 24 heavy (non-hydrogen) atoms. The van der Waals surface area contributed by atoms with Crippen LogP contribution in [0, 0.1) is 16.9 Å². The fourth-order valence-electron chi connectivity index (χ4n) is 3.29. The van der Waals surface area contributed by atoms with Crippen molar-refractivity contribution in [3.05, 3.63) is 70.9 Å². The summed E-state index contributed by atoms with van der Waals surface area (Å²) in [4.78, 5) is 14.4. The fourth-order valence-corrected chi connectivity index (χ4v) is 3.29. The second kappa shape index (κ2) is 7.43. The van der Waals surface area contributed by atoms with Crippen LogP contribution in [-0.2, 0) is 6.42 Å². The van der Waals surface area contributed by atoms with Crippen molar-refractivity contribution in [2.24, 2.45) is 5.92 Å². The minimum absolute atomic E-state index is 0.0222. The Balaban J connectivity index is 1.57. The molecule has 1 aromatic carbocycles. The van der Waals surface area contributed by atoms with Crippen molar-refractivity contribution in [1.29, 1.82) is 0 Å². The number of aryl methyl sites for hydroxylation is 1. The summed E-state index contributed by atoms with van der Waals surface area (Å²) >= 11 is 0. The van der Waals surface area contributed by atoms with Crippen molar-refractivity contribution in [1.82, 2.24) is 4.90 Å². The Bertz CT molecular complexity index is 703. The van der Waals surface area contributed by atoms with Gasteiger partial charge < -0.3 is 10.1 Å². The first-order valence-corrected chi connectivity index (χ1v) is 8.34. The number of benzene rings is 1. The molecule has 1 saturated heterocycles. The number of aromatic nitrogens is 1. The van der Waals surface area contributed by atoms with Crippen LogP contribution in [-0.4, -0.2) is 23.9 Å². The average molecular weight is 328 g/mol. The van der Waals surface area contributed by atoms with Gasteiger partial charge in [-0.3, -0.25) is 4.79 Å². The smallest absolute Gasteiger partial charge is 0.254 e. The molecule has 1 aliphatic heterocycles. The predicted molar refractivity (Wildman–Crippen MR) is 88.8 cm³/mol. The second-order valence-electron chi connectivity index (χ2n) is 6.37. The van der Waals surface area contributed by atoms with Gasteiger partial charge in [-0.05, 0) is 49.3 Å². The summed E-state index contributed by atoms with van der Waals surface area (Å²) in [6, 6.07) is 9.83. The van der Waals surface area contributed by atoms with E-state index in [4.69, 9.17) is 0 Å². The number of likely N-dealkylation sites (tertiary alicyclic amines) is 1. The lowest BCUT2D eigenvalue weighted by Crippen LogP contribution is -2.40. The third-order valence-corrected chi connectivity index (χ3v) is 4.59. The molecule has 1 aromatic heterocycles.